The summed E-state index contributed by atoms with van der Waals surface area (Å²) in [5.74, 6) is 0.798. The molecule has 0 aliphatic carbocycles. The van der Waals surface area contributed by atoms with E-state index in [9.17, 15) is 5.11 Å². The number of phenolic OH excluding ortho intramolecular Hbond substituents is 1. The molecule has 4 heteroatoms. The summed E-state index contributed by atoms with van der Waals surface area (Å²) in [6, 6.07) is 14.9. The first-order valence-corrected chi connectivity index (χ1v) is 6.68. The summed E-state index contributed by atoms with van der Waals surface area (Å²) >= 11 is 0. The first-order chi connectivity index (χ1) is 10.3. The number of rotatable bonds is 4. The van der Waals surface area contributed by atoms with E-state index in [2.05, 4.69) is 16.6 Å². The molecule has 0 fully saturated rings. The molecule has 0 spiro atoms. The van der Waals surface area contributed by atoms with E-state index >= 15 is 0 Å². The zero-order valence-electron chi connectivity index (χ0n) is 11.5. The second-order valence-electron chi connectivity index (χ2n) is 4.62. The minimum absolute atomic E-state index is 0.202. The molecular formula is C17H15N3O. The summed E-state index contributed by atoms with van der Waals surface area (Å²) in [5, 5.41) is 9.77. The second kappa shape index (κ2) is 5.63. The molecular weight excluding hydrogens is 262 g/mol. The first-order valence-electron chi connectivity index (χ1n) is 6.68. The van der Waals surface area contributed by atoms with Crippen LogP contribution in [0.2, 0.25) is 0 Å². The van der Waals surface area contributed by atoms with Crippen LogP contribution in [0.4, 0.5) is 5.95 Å². The lowest BCUT2D eigenvalue weighted by Crippen LogP contribution is -1.94. The number of nitrogens with zero attached hydrogens (tertiary/aromatic N) is 3. The van der Waals surface area contributed by atoms with Crippen LogP contribution in [-0.2, 0) is 6.54 Å². The Bertz CT molecular complexity index is 818. The van der Waals surface area contributed by atoms with Crippen LogP contribution in [-0.4, -0.2) is 20.9 Å². The van der Waals surface area contributed by atoms with E-state index in [0.29, 0.717) is 18.1 Å². The third-order valence-electron chi connectivity index (χ3n) is 3.20. The van der Waals surface area contributed by atoms with Crippen LogP contribution in [0.3, 0.4) is 0 Å². The van der Waals surface area contributed by atoms with Gasteiger partial charge in [0.25, 0.3) is 0 Å². The molecule has 21 heavy (non-hydrogen) atoms. The lowest BCUT2D eigenvalue weighted by molar-refractivity contribution is 0.474. The van der Waals surface area contributed by atoms with Gasteiger partial charge >= 0.3 is 0 Å². The summed E-state index contributed by atoms with van der Waals surface area (Å²) in [6.45, 7) is 4.41. The fourth-order valence-electron chi connectivity index (χ4n) is 2.19. The molecule has 1 N–H and O–H groups in total. The van der Waals surface area contributed by atoms with Gasteiger partial charge in [-0.3, -0.25) is 0 Å². The molecule has 104 valence electrons. The first kappa shape index (κ1) is 13.1. The maximum atomic E-state index is 9.77. The van der Waals surface area contributed by atoms with Crippen molar-refractivity contribution in [2.45, 2.75) is 6.54 Å². The minimum Gasteiger partial charge on any atom is -0.507 e. The Morgan fingerprint density at radius 1 is 1.14 bits per heavy atom. The van der Waals surface area contributed by atoms with Gasteiger partial charge < -0.3 is 9.67 Å². The van der Waals surface area contributed by atoms with Crippen molar-refractivity contribution in [1.82, 2.24) is 9.55 Å². The van der Waals surface area contributed by atoms with Crippen molar-refractivity contribution in [3.63, 3.8) is 0 Å². The molecule has 3 rings (SSSR count). The standard InChI is InChI=1S/C17H15N3O/c1-2-11-20-15-9-5-4-8-14(15)19-17(20)18-12-13-7-3-6-10-16(13)21/h2-10,12,21H,1,11H2. The average Bonchev–Trinajstić information content (AvgIpc) is 2.85. The largest absolute Gasteiger partial charge is 0.507 e. The van der Waals surface area contributed by atoms with Gasteiger partial charge in [-0.15, -0.1) is 6.58 Å². The molecule has 0 aliphatic rings. The van der Waals surface area contributed by atoms with E-state index in [1.165, 1.54) is 0 Å². The van der Waals surface area contributed by atoms with E-state index in [4.69, 9.17) is 0 Å². The van der Waals surface area contributed by atoms with E-state index in [0.717, 1.165) is 11.0 Å². The van der Waals surface area contributed by atoms with Gasteiger partial charge in [0.2, 0.25) is 5.95 Å². The number of imidazole rings is 1. The van der Waals surface area contributed by atoms with E-state index in [1.807, 2.05) is 41.0 Å². The third kappa shape index (κ3) is 2.56. The molecule has 1 aromatic heterocycles. The summed E-state index contributed by atoms with van der Waals surface area (Å²) < 4.78 is 1.98. The van der Waals surface area contributed by atoms with E-state index < -0.39 is 0 Å². The number of hydrogen-bond acceptors (Lipinski definition) is 3. The summed E-state index contributed by atoms with van der Waals surface area (Å²) in [6.07, 6.45) is 3.43. The number of benzene rings is 2. The van der Waals surface area contributed by atoms with Gasteiger partial charge in [0.15, 0.2) is 0 Å². The number of aromatic hydroxyl groups is 1. The fraction of sp³-hybridized carbons (Fsp3) is 0.0588. The Kier molecular flexibility index (Phi) is 3.51. The van der Waals surface area contributed by atoms with Gasteiger partial charge in [-0.2, -0.15) is 0 Å². The number of para-hydroxylation sites is 3. The maximum Gasteiger partial charge on any atom is 0.230 e. The molecule has 3 aromatic rings. The molecule has 0 aliphatic heterocycles. The number of phenols is 1. The van der Waals surface area contributed by atoms with Crippen LogP contribution in [0.15, 0.2) is 66.2 Å². The summed E-state index contributed by atoms with van der Waals surface area (Å²) in [7, 11) is 0. The molecule has 0 unspecified atom stereocenters. The second-order valence-corrected chi connectivity index (χ2v) is 4.62. The lowest BCUT2D eigenvalue weighted by atomic mass is 10.2. The van der Waals surface area contributed by atoms with Gasteiger partial charge in [0.1, 0.15) is 5.75 Å². The van der Waals surface area contributed by atoms with Gasteiger partial charge in [0.05, 0.1) is 11.0 Å². The SMILES string of the molecule is C=CCn1c(N=Cc2ccccc2O)nc2ccccc21. The Hall–Kier alpha value is -2.88. The molecule has 4 nitrogen and oxygen atoms in total. The minimum atomic E-state index is 0.202. The van der Waals surface area contributed by atoms with Crippen molar-refractivity contribution in [3.8, 4) is 5.75 Å². The van der Waals surface area contributed by atoms with Crippen molar-refractivity contribution in [3.05, 3.63) is 66.7 Å². The third-order valence-corrected chi connectivity index (χ3v) is 3.20. The average molecular weight is 277 g/mol. The van der Waals surface area contributed by atoms with Crippen LogP contribution in [0.5, 0.6) is 5.75 Å². The Morgan fingerprint density at radius 2 is 1.90 bits per heavy atom. The topological polar surface area (TPSA) is 50.4 Å². The quantitative estimate of drug-likeness (QED) is 0.584. The van der Waals surface area contributed by atoms with Gasteiger partial charge in [-0.1, -0.05) is 30.3 Å². The van der Waals surface area contributed by atoms with Gasteiger partial charge in [-0.25, -0.2) is 9.98 Å². The molecule has 0 atom stereocenters. The number of aromatic nitrogens is 2. The predicted molar refractivity (Wildman–Crippen MR) is 85.3 cm³/mol. The van der Waals surface area contributed by atoms with Crippen molar-refractivity contribution in [2.75, 3.05) is 0 Å². The highest BCUT2D eigenvalue weighted by molar-refractivity contribution is 5.86. The van der Waals surface area contributed by atoms with Crippen molar-refractivity contribution >= 4 is 23.2 Å². The van der Waals surface area contributed by atoms with Crippen molar-refractivity contribution in [1.29, 1.82) is 0 Å². The van der Waals surface area contributed by atoms with Gasteiger partial charge in [-0.05, 0) is 24.3 Å². The van der Waals surface area contributed by atoms with Crippen molar-refractivity contribution < 1.29 is 5.11 Å². The Balaban J connectivity index is 2.06. The molecule has 0 saturated carbocycles. The molecule has 2 aromatic carbocycles. The zero-order chi connectivity index (χ0) is 14.7. The van der Waals surface area contributed by atoms with Crippen molar-refractivity contribution in [2.24, 2.45) is 4.99 Å². The monoisotopic (exact) mass is 277 g/mol. The van der Waals surface area contributed by atoms with Crippen LogP contribution in [0.1, 0.15) is 5.56 Å². The summed E-state index contributed by atoms with van der Waals surface area (Å²) in [4.78, 5) is 8.92. The number of fused-ring (bicyclic) bond motifs is 1. The van der Waals surface area contributed by atoms with Crippen LogP contribution >= 0.6 is 0 Å². The molecule has 0 radical (unpaired) electrons. The van der Waals surface area contributed by atoms with Crippen LogP contribution in [0.25, 0.3) is 11.0 Å². The predicted octanol–water partition coefficient (Wildman–Crippen LogP) is 3.68. The highest BCUT2D eigenvalue weighted by atomic mass is 16.3. The Morgan fingerprint density at radius 3 is 2.71 bits per heavy atom. The van der Waals surface area contributed by atoms with E-state index in [-0.39, 0.29) is 5.75 Å². The maximum absolute atomic E-state index is 9.77. The fourth-order valence-corrected chi connectivity index (χ4v) is 2.19. The zero-order valence-corrected chi connectivity index (χ0v) is 11.5. The molecule has 0 bridgehead atoms. The highest BCUT2D eigenvalue weighted by Gasteiger charge is 2.07. The number of hydrogen-bond donors (Lipinski definition) is 1. The van der Waals surface area contributed by atoms with Gasteiger partial charge in [0, 0.05) is 18.3 Å². The Labute approximate surface area is 122 Å². The molecule has 0 amide bonds. The number of allylic oxidation sites excluding steroid dienone is 1. The van der Waals surface area contributed by atoms with E-state index in [1.54, 1.807) is 24.4 Å². The normalized spacial score (nSPS) is 11.2. The smallest absolute Gasteiger partial charge is 0.230 e. The molecule has 1 heterocycles. The van der Waals surface area contributed by atoms with Crippen LogP contribution in [0, 0.1) is 0 Å². The lowest BCUT2D eigenvalue weighted by Gasteiger charge is -2.02. The summed E-state index contributed by atoms with van der Waals surface area (Å²) in [5.41, 5.74) is 2.57. The molecule has 0 saturated heterocycles. The highest BCUT2D eigenvalue weighted by Crippen LogP contribution is 2.22. The van der Waals surface area contributed by atoms with Crippen LogP contribution < -0.4 is 0 Å². The number of aliphatic imine (C=N–C) groups is 1.